The van der Waals surface area contributed by atoms with Gasteiger partial charge in [-0.15, -0.1) is 0 Å². The Bertz CT molecular complexity index is 643. The Hall–Kier alpha value is -1.64. The maximum Gasteiger partial charge on any atom is 0.319 e. The van der Waals surface area contributed by atoms with Crippen LogP contribution >= 0.6 is 0 Å². The molecule has 2 amide bonds. The highest BCUT2D eigenvalue weighted by Crippen LogP contribution is 2.25. The van der Waals surface area contributed by atoms with Crippen molar-refractivity contribution in [3.8, 4) is 0 Å². The quantitative estimate of drug-likeness (QED) is 0.688. The average Bonchev–Trinajstić information content (AvgIpc) is 2.74. The van der Waals surface area contributed by atoms with Crippen LogP contribution in [0.25, 0.3) is 0 Å². The van der Waals surface area contributed by atoms with Gasteiger partial charge in [0, 0.05) is 25.4 Å². The smallest absolute Gasteiger partial charge is 0.319 e. The number of hydrogen-bond donors (Lipinski definition) is 3. The van der Waals surface area contributed by atoms with Gasteiger partial charge in [-0.3, -0.25) is 0 Å². The van der Waals surface area contributed by atoms with Crippen molar-refractivity contribution in [3.05, 3.63) is 23.8 Å². The molecule has 0 atom stereocenters. The van der Waals surface area contributed by atoms with Gasteiger partial charge in [0.2, 0.25) is 10.0 Å². The van der Waals surface area contributed by atoms with Crippen molar-refractivity contribution in [3.63, 3.8) is 0 Å². The molecule has 0 saturated heterocycles. The summed E-state index contributed by atoms with van der Waals surface area (Å²) in [6, 6.07) is 4.47. The summed E-state index contributed by atoms with van der Waals surface area (Å²) in [5.41, 5.74) is 1.15. The molecule has 8 heteroatoms. The summed E-state index contributed by atoms with van der Waals surface area (Å²) in [6.45, 7) is 5.28. The third kappa shape index (κ3) is 4.43. The van der Waals surface area contributed by atoms with Gasteiger partial charge in [0.05, 0.1) is 11.0 Å². The van der Waals surface area contributed by atoms with Crippen molar-refractivity contribution in [1.29, 1.82) is 0 Å². The van der Waals surface area contributed by atoms with Crippen LogP contribution in [0, 0.1) is 0 Å². The van der Waals surface area contributed by atoms with Gasteiger partial charge in [0.15, 0.2) is 0 Å². The lowest BCUT2D eigenvalue weighted by Crippen LogP contribution is -2.30. The first-order chi connectivity index (χ1) is 10.4. The Morgan fingerprint density at radius 1 is 1.41 bits per heavy atom. The summed E-state index contributed by atoms with van der Waals surface area (Å²) in [5, 5.41) is 5.32. The predicted octanol–water partition coefficient (Wildman–Crippen LogP) is 1.42. The van der Waals surface area contributed by atoms with E-state index < -0.39 is 10.0 Å². The van der Waals surface area contributed by atoms with Gasteiger partial charge in [-0.1, -0.05) is 6.07 Å². The zero-order valence-electron chi connectivity index (χ0n) is 12.7. The van der Waals surface area contributed by atoms with Gasteiger partial charge in [-0.05, 0) is 38.0 Å². The van der Waals surface area contributed by atoms with E-state index in [4.69, 9.17) is 4.74 Å². The van der Waals surface area contributed by atoms with Crippen LogP contribution in [-0.2, 0) is 21.3 Å². The number of carbonyl (C=O) groups is 1. The molecule has 1 aliphatic heterocycles. The minimum absolute atomic E-state index is 0.177. The molecule has 0 saturated carbocycles. The molecule has 0 aliphatic carbocycles. The molecule has 22 heavy (non-hydrogen) atoms. The molecule has 3 N–H and O–H groups in total. The lowest BCUT2D eigenvalue weighted by Gasteiger charge is -2.10. The fraction of sp³-hybridized carbons (Fsp3) is 0.500. The van der Waals surface area contributed by atoms with Crippen molar-refractivity contribution < 1.29 is 17.9 Å². The Kier molecular flexibility index (Phi) is 5.38. The fourth-order valence-electron chi connectivity index (χ4n) is 2.05. The second kappa shape index (κ2) is 7.08. The number of benzene rings is 1. The normalized spacial score (nSPS) is 15.6. The molecule has 0 radical (unpaired) electrons. The number of fused-ring (bicyclic) bond motifs is 1. The zero-order valence-corrected chi connectivity index (χ0v) is 13.5. The lowest BCUT2D eigenvalue weighted by molar-refractivity contribution is 0.0775. The van der Waals surface area contributed by atoms with Crippen LogP contribution in [0.5, 0.6) is 0 Å². The Morgan fingerprint density at radius 2 is 2.18 bits per heavy atom. The first kappa shape index (κ1) is 16.7. The molecule has 1 aliphatic rings. The Labute approximate surface area is 130 Å². The van der Waals surface area contributed by atoms with Crippen LogP contribution in [0.1, 0.15) is 25.8 Å². The summed E-state index contributed by atoms with van der Waals surface area (Å²) in [7, 11) is -3.43. The van der Waals surface area contributed by atoms with E-state index in [2.05, 4.69) is 15.4 Å². The maximum atomic E-state index is 11.7. The van der Waals surface area contributed by atoms with E-state index in [1.165, 1.54) is 6.07 Å². The SMILES string of the molecule is CC(C)OCCCNC(=O)Nc1ccc2c(c1)S(=O)(=O)NC2. The molecular weight excluding hydrogens is 306 g/mol. The van der Waals surface area contributed by atoms with E-state index in [1.54, 1.807) is 12.1 Å². The number of urea groups is 1. The predicted molar refractivity (Wildman–Crippen MR) is 83.2 cm³/mol. The largest absolute Gasteiger partial charge is 0.379 e. The Morgan fingerprint density at radius 3 is 2.91 bits per heavy atom. The number of anilines is 1. The number of nitrogens with one attached hydrogen (secondary N) is 3. The first-order valence-corrected chi connectivity index (χ1v) is 8.66. The number of hydrogen-bond acceptors (Lipinski definition) is 4. The molecule has 0 fully saturated rings. The van der Waals surface area contributed by atoms with Crippen molar-refractivity contribution in [2.75, 3.05) is 18.5 Å². The number of ether oxygens (including phenoxy) is 1. The minimum atomic E-state index is -3.43. The molecule has 0 bridgehead atoms. The number of carbonyl (C=O) groups excluding carboxylic acids is 1. The summed E-state index contributed by atoms with van der Waals surface area (Å²) in [5.74, 6) is 0. The molecule has 122 valence electrons. The molecular formula is C14H21N3O4S. The van der Waals surface area contributed by atoms with Gasteiger partial charge >= 0.3 is 6.03 Å². The number of sulfonamides is 1. The van der Waals surface area contributed by atoms with Crippen molar-refractivity contribution >= 4 is 21.7 Å². The van der Waals surface area contributed by atoms with E-state index >= 15 is 0 Å². The molecule has 1 heterocycles. The first-order valence-electron chi connectivity index (χ1n) is 7.17. The van der Waals surface area contributed by atoms with E-state index in [1.807, 2.05) is 13.8 Å². The molecule has 1 aromatic carbocycles. The summed E-state index contributed by atoms with van der Waals surface area (Å²) < 4.78 is 31.3. The van der Waals surface area contributed by atoms with E-state index in [0.29, 0.717) is 37.4 Å². The Balaban J connectivity index is 1.83. The number of amides is 2. The van der Waals surface area contributed by atoms with Gasteiger partial charge in [0.25, 0.3) is 0 Å². The summed E-state index contributed by atoms with van der Waals surface area (Å²) >= 11 is 0. The summed E-state index contributed by atoms with van der Waals surface area (Å²) in [4.78, 5) is 12.0. The lowest BCUT2D eigenvalue weighted by atomic mass is 10.2. The highest BCUT2D eigenvalue weighted by molar-refractivity contribution is 7.89. The van der Waals surface area contributed by atoms with Crippen molar-refractivity contribution in [2.45, 2.75) is 37.8 Å². The van der Waals surface area contributed by atoms with Crippen LogP contribution in [-0.4, -0.2) is 33.7 Å². The van der Waals surface area contributed by atoms with Crippen LogP contribution in [0.4, 0.5) is 10.5 Å². The molecule has 2 rings (SSSR count). The topological polar surface area (TPSA) is 96.5 Å². The van der Waals surface area contributed by atoms with E-state index in [9.17, 15) is 13.2 Å². The van der Waals surface area contributed by atoms with Gasteiger partial charge in [-0.2, -0.15) is 0 Å². The number of rotatable bonds is 6. The van der Waals surface area contributed by atoms with E-state index in [-0.39, 0.29) is 17.0 Å². The summed E-state index contributed by atoms with van der Waals surface area (Å²) in [6.07, 6.45) is 0.893. The van der Waals surface area contributed by atoms with Gasteiger partial charge in [-0.25, -0.2) is 17.9 Å². The minimum Gasteiger partial charge on any atom is -0.379 e. The van der Waals surface area contributed by atoms with Crippen LogP contribution in [0.15, 0.2) is 23.1 Å². The molecule has 1 aromatic rings. The van der Waals surface area contributed by atoms with Crippen LogP contribution in [0.3, 0.4) is 0 Å². The van der Waals surface area contributed by atoms with Crippen molar-refractivity contribution in [1.82, 2.24) is 10.0 Å². The molecule has 0 aromatic heterocycles. The fourth-order valence-corrected chi connectivity index (χ4v) is 3.32. The third-order valence-electron chi connectivity index (χ3n) is 3.13. The second-order valence-electron chi connectivity index (χ2n) is 5.30. The van der Waals surface area contributed by atoms with E-state index in [0.717, 1.165) is 0 Å². The van der Waals surface area contributed by atoms with Crippen LogP contribution < -0.4 is 15.4 Å². The maximum absolute atomic E-state index is 11.7. The van der Waals surface area contributed by atoms with Gasteiger partial charge in [0.1, 0.15) is 0 Å². The molecule has 0 unspecified atom stereocenters. The zero-order chi connectivity index (χ0) is 16.2. The molecule has 7 nitrogen and oxygen atoms in total. The highest BCUT2D eigenvalue weighted by atomic mass is 32.2. The van der Waals surface area contributed by atoms with Crippen molar-refractivity contribution in [2.24, 2.45) is 0 Å². The monoisotopic (exact) mass is 327 g/mol. The van der Waals surface area contributed by atoms with Crippen LogP contribution in [0.2, 0.25) is 0 Å². The second-order valence-corrected chi connectivity index (χ2v) is 7.04. The third-order valence-corrected chi connectivity index (χ3v) is 4.61. The standard InChI is InChI=1S/C14H21N3O4S/c1-10(2)21-7-3-6-15-14(18)17-12-5-4-11-9-16-22(19,20)13(11)8-12/h4-5,8,10,16H,3,6-7,9H2,1-2H3,(H2,15,17,18). The highest BCUT2D eigenvalue weighted by Gasteiger charge is 2.25. The molecule has 0 spiro atoms. The average molecular weight is 327 g/mol. The van der Waals surface area contributed by atoms with Gasteiger partial charge < -0.3 is 15.4 Å².